The number of hydrogen-bond donors (Lipinski definition) is 3. The monoisotopic (exact) mass is 352 g/mol. The molecule has 0 saturated heterocycles. The summed E-state index contributed by atoms with van der Waals surface area (Å²) in [7, 11) is 0. The van der Waals surface area contributed by atoms with Gasteiger partial charge in [0.05, 0.1) is 11.3 Å². The van der Waals surface area contributed by atoms with Crippen LogP contribution in [0.25, 0.3) is 0 Å². The minimum Gasteiger partial charge on any atom is -0.478 e. The number of aromatic carboxylic acids is 1. The van der Waals surface area contributed by atoms with E-state index >= 15 is 0 Å². The van der Waals surface area contributed by atoms with E-state index in [1.165, 1.54) is 6.07 Å². The lowest BCUT2D eigenvalue weighted by atomic mass is 10.2. The second-order valence-corrected chi connectivity index (χ2v) is 5.00. The lowest BCUT2D eigenvalue weighted by Gasteiger charge is -2.10. The van der Waals surface area contributed by atoms with Crippen molar-refractivity contribution in [1.29, 1.82) is 0 Å². The van der Waals surface area contributed by atoms with Crippen LogP contribution in [-0.4, -0.2) is 17.1 Å². The summed E-state index contributed by atoms with van der Waals surface area (Å²) in [6, 6.07) is 9.38. The van der Waals surface area contributed by atoms with E-state index in [2.05, 4.69) is 26.6 Å². The number of amides is 2. The molecule has 2 aromatic rings. The Morgan fingerprint density at radius 1 is 1.10 bits per heavy atom. The largest absolute Gasteiger partial charge is 0.478 e. The van der Waals surface area contributed by atoms with Crippen LogP contribution in [0.4, 0.5) is 20.6 Å². The van der Waals surface area contributed by atoms with Crippen LogP contribution >= 0.6 is 15.9 Å². The van der Waals surface area contributed by atoms with E-state index < -0.39 is 17.8 Å². The summed E-state index contributed by atoms with van der Waals surface area (Å²) in [6.45, 7) is 0. The number of carbonyl (C=O) groups is 2. The van der Waals surface area contributed by atoms with Gasteiger partial charge in [-0.25, -0.2) is 14.0 Å². The molecule has 0 aliphatic carbocycles. The number of anilines is 2. The van der Waals surface area contributed by atoms with Gasteiger partial charge in [-0.1, -0.05) is 22.0 Å². The fourth-order valence-corrected chi connectivity index (χ4v) is 2.05. The van der Waals surface area contributed by atoms with Gasteiger partial charge in [0.2, 0.25) is 0 Å². The quantitative estimate of drug-likeness (QED) is 0.782. The predicted octanol–water partition coefficient (Wildman–Crippen LogP) is 3.93. The zero-order chi connectivity index (χ0) is 15.4. The third-order valence-corrected chi connectivity index (χ3v) is 3.04. The maximum Gasteiger partial charge on any atom is 0.337 e. The van der Waals surface area contributed by atoms with Crippen LogP contribution in [0, 0.1) is 5.82 Å². The number of rotatable bonds is 3. The first-order chi connectivity index (χ1) is 9.95. The minimum absolute atomic E-state index is 0.0106. The third kappa shape index (κ3) is 4.03. The molecule has 3 N–H and O–H groups in total. The molecule has 0 bridgehead atoms. The second-order valence-electron chi connectivity index (χ2n) is 4.08. The number of carbonyl (C=O) groups excluding carboxylic acids is 1. The number of carboxylic acids is 1. The Morgan fingerprint density at radius 2 is 1.86 bits per heavy atom. The molecule has 21 heavy (non-hydrogen) atoms. The predicted molar refractivity (Wildman–Crippen MR) is 80.1 cm³/mol. The highest BCUT2D eigenvalue weighted by Crippen LogP contribution is 2.19. The first kappa shape index (κ1) is 15.0. The summed E-state index contributed by atoms with van der Waals surface area (Å²) >= 11 is 3.27. The maximum atomic E-state index is 13.0. The zero-order valence-electron chi connectivity index (χ0n) is 10.6. The van der Waals surface area contributed by atoms with Crippen molar-refractivity contribution in [3.05, 3.63) is 58.3 Å². The SMILES string of the molecule is O=C(Nc1cccc(Br)c1)Nc1ccc(F)cc1C(=O)O. The topological polar surface area (TPSA) is 78.4 Å². The fraction of sp³-hybridized carbons (Fsp3) is 0. The molecular weight excluding hydrogens is 343 g/mol. The summed E-state index contributed by atoms with van der Waals surface area (Å²) in [5.74, 6) is -2.02. The van der Waals surface area contributed by atoms with Crippen molar-refractivity contribution < 1.29 is 19.1 Å². The van der Waals surface area contributed by atoms with Gasteiger partial charge in [-0.2, -0.15) is 0 Å². The molecule has 5 nitrogen and oxygen atoms in total. The van der Waals surface area contributed by atoms with Gasteiger partial charge in [-0.3, -0.25) is 0 Å². The molecule has 0 aliphatic heterocycles. The van der Waals surface area contributed by atoms with Gasteiger partial charge in [0.1, 0.15) is 5.82 Å². The van der Waals surface area contributed by atoms with Crippen LogP contribution < -0.4 is 10.6 Å². The van der Waals surface area contributed by atoms with Crippen molar-refractivity contribution in [2.75, 3.05) is 10.6 Å². The Kier molecular flexibility index (Phi) is 4.54. The Balaban J connectivity index is 2.15. The summed E-state index contributed by atoms with van der Waals surface area (Å²) in [5.41, 5.74) is 0.219. The van der Waals surface area contributed by atoms with Gasteiger partial charge in [0.25, 0.3) is 0 Å². The Morgan fingerprint density at radius 3 is 2.52 bits per heavy atom. The molecule has 0 aromatic heterocycles. The van der Waals surface area contributed by atoms with E-state index in [9.17, 15) is 14.0 Å². The lowest BCUT2D eigenvalue weighted by molar-refractivity contribution is 0.0697. The summed E-state index contributed by atoms with van der Waals surface area (Å²) in [6.07, 6.45) is 0. The summed E-state index contributed by atoms with van der Waals surface area (Å²) in [4.78, 5) is 22.8. The Bertz CT molecular complexity index is 706. The number of hydrogen-bond acceptors (Lipinski definition) is 2. The third-order valence-electron chi connectivity index (χ3n) is 2.54. The molecule has 108 valence electrons. The van der Waals surface area contributed by atoms with Crippen molar-refractivity contribution >= 4 is 39.3 Å². The first-order valence-corrected chi connectivity index (χ1v) is 6.61. The Hall–Kier alpha value is -2.41. The molecular formula is C14H10BrFN2O3. The van der Waals surface area contributed by atoms with E-state index in [0.717, 1.165) is 16.6 Å². The molecule has 0 heterocycles. The van der Waals surface area contributed by atoms with Crippen molar-refractivity contribution in [3.63, 3.8) is 0 Å². The van der Waals surface area contributed by atoms with Gasteiger partial charge in [0.15, 0.2) is 0 Å². The van der Waals surface area contributed by atoms with Crippen LogP contribution in [0.3, 0.4) is 0 Å². The van der Waals surface area contributed by atoms with E-state index in [1.54, 1.807) is 24.3 Å². The molecule has 0 saturated carbocycles. The van der Waals surface area contributed by atoms with E-state index in [4.69, 9.17) is 5.11 Å². The highest BCUT2D eigenvalue weighted by molar-refractivity contribution is 9.10. The van der Waals surface area contributed by atoms with Gasteiger partial charge in [0, 0.05) is 10.2 Å². The summed E-state index contributed by atoms with van der Waals surface area (Å²) < 4.78 is 13.8. The van der Waals surface area contributed by atoms with Crippen LogP contribution in [0.2, 0.25) is 0 Å². The minimum atomic E-state index is -1.33. The number of halogens is 2. The van der Waals surface area contributed by atoms with Crippen LogP contribution in [0.1, 0.15) is 10.4 Å². The number of carboxylic acid groups (broad SMARTS) is 1. The molecule has 0 unspecified atom stereocenters. The number of urea groups is 1. The maximum absolute atomic E-state index is 13.0. The van der Waals surface area contributed by atoms with Gasteiger partial charge in [-0.05, 0) is 36.4 Å². The van der Waals surface area contributed by atoms with Crippen molar-refractivity contribution in [3.8, 4) is 0 Å². The van der Waals surface area contributed by atoms with Crippen molar-refractivity contribution in [2.24, 2.45) is 0 Å². The standard InChI is InChI=1S/C14H10BrFN2O3/c15-8-2-1-3-10(6-8)17-14(21)18-12-5-4-9(16)7-11(12)13(19)20/h1-7H,(H,19,20)(H2,17,18,21). The van der Waals surface area contributed by atoms with Crippen LogP contribution in [0.15, 0.2) is 46.9 Å². The average Bonchev–Trinajstić information content (AvgIpc) is 2.40. The van der Waals surface area contributed by atoms with E-state index in [1.807, 2.05) is 0 Å². The van der Waals surface area contributed by atoms with E-state index in [-0.39, 0.29) is 11.3 Å². The molecule has 2 aromatic carbocycles. The normalized spacial score (nSPS) is 10.0. The second kappa shape index (κ2) is 6.36. The fourth-order valence-electron chi connectivity index (χ4n) is 1.65. The molecule has 0 radical (unpaired) electrons. The first-order valence-electron chi connectivity index (χ1n) is 5.82. The average molecular weight is 353 g/mol. The van der Waals surface area contributed by atoms with Crippen molar-refractivity contribution in [1.82, 2.24) is 0 Å². The van der Waals surface area contributed by atoms with Gasteiger partial charge in [-0.15, -0.1) is 0 Å². The molecule has 0 fully saturated rings. The smallest absolute Gasteiger partial charge is 0.337 e. The van der Waals surface area contributed by atoms with Crippen molar-refractivity contribution in [2.45, 2.75) is 0 Å². The van der Waals surface area contributed by atoms with Crippen LogP contribution in [-0.2, 0) is 0 Å². The molecule has 0 aliphatic rings. The van der Waals surface area contributed by atoms with Crippen LogP contribution in [0.5, 0.6) is 0 Å². The molecule has 2 amide bonds. The summed E-state index contributed by atoms with van der Waals surface area (Å²) in [5, 5.41) is 13.9. The number of nitrogens with one attached hydrogen (secondary N) is 2. The number of benzene rings is 2. The van der Waals surface area contributed by atoms with Gasteiger partial charge < -0.3 is 15.7 Å². The lowest BCUT2D eigenvalue weighted by Crippen LogP contribution is -2.21. The molecule has 7 heteroatoms. The molecule has 2 rings (SSSR count). The highest BCUT2D eigenvalue weighted by Gasteiger charge is 2.13. The van der Waals surface area contributed by atoms with E-state index in [0.29, 0.717) is 5.69 Å². The molecule has 0 spiro atoms. The molecule has 0 atom stereocenters. The van der Waals surface area contributed by atoms with Gasteiger partial charge >= 0.3 is 12.0 Å². The Labute approximate surface area is 127 Å². The zero-order valence-corrected chi connectivity index (χ0v) is 12.1. The highest BCUT2D eigenvalue weighted by atomic mass is 79.9.